The molecule has 92 valence electrons. The lowest BCUT2D eigenvalue weighted by Gasteiger charge is -1.95. The molecule has 16 heavy (non-hydrogen) atoms. The summed E-state index contributed by atoms with van der Waals surface area (Å²) < 4.78 is 0. The number of benzene rings is 1. The van der Waals surface area contributed by atoms with Crippen molar-refractivity contribution in [1.82, 2.24) is 0 Å². The molecule has 0 saturated heterocycles. The molecule has 0 heteroatoms. The molecule has 0 unspecified atom stereocenters. The molecule has 0 aromatic heterocycles. The van der Waals surface area contributed by atoms with Crippen molar-refractivity contribution < 1.29 is 0 Å². The SMILES string of the molecule is C=C1CCc2ccccc21.CC.CC.CC. The molecule has 1 aromatic rings. The molecule has 1 aromatic carbocycles. The molecular weight excluding hydrogens is 192 g/mol. The van der Waals surface area contributed by atoms with Gasteiger partial charge in [0, 0.05) is 0 Å². The van der Waals surface area contributed by atoms with Gasteiger partial charge in [-0.25, -0.2) is 0 Å². The largest absolute Gasteiger partial charge is 0.0952 e. The second-order valence-corrected chi connectivity index (χ2v) is 2.76. The normalized spacial score (nSPS) is 10.8. The van der Waals surface area contributed by atoms with Gasteiger partial charge in [0.1, 0.15) is 0 Å². The highest BCUT2D eigenvalue weighted by Gasteiger charge is 2.11. The fourth-order valence-corrected chi connectivity index (χ4v) is 1.50. The van der Waals surface area contributed by atoms with Crippen LogP contribution in [0.15, 0.2) is 30.8 Å². The van der Waals surface area contributed by atoms with E-state index in [1.807, 2.05) is 41.5 Å². The molecule has 0 spiro atoms. The average Bonchev–Trinajstić information content (AvgIpc) is 2.79. The quantitative estimate of drug-likeness (QED) is 0.524. The Labute approximate surface area is 102 Å². The molecule has 0 radical (unpaired) electrons. The number of fused-ring (bicyclic) bond motifs is 1. The Morgan fingerprint density at radius 1 is 0.812 bits per heavy atom. The van der Waals surface area contributed by atoms with E-state index in [1.165, 1.54) is 23.1 Å². The van der Waals surface area contributed by atoms with Crippen LogP contribution in [0.25, 0.3) is 5.57 Å². The Hall–Kier alpha value is -1.04. The molecule has 0 nitrogen and oxygen atoms in total. The van der Waals surface area contributed by atoms with Crippen LogP contribution in [-0.2, 0) is 6.42 Å². The second kappa shape index (κ2) is 12.0. The van der Waals surface area contributed by atoms with Gasteiger partial charge in [0.25, 0.3) is 0 Å². The van der Waals surface area contributed by atoms with E-state index in [9.17, 15) is 0 Å². The van der Waals surface area contributed by atoms with Gasteiger partial charge in [0.05, 0.1) is 0 Å². The topological polar surface area (TPSA) is 0 Å². The summed E-state index contributed by atoms with van der Waals surface area (Å²) in [6.07, 6.45) is 2.34. The maximum atomic E-state index is 4.00. The van der Waals surface area contributed by atoms with Gasteiger partial charge in [-0.1, -0.05) is 72.4 Å². The van der Waals surface area contributed by atoms with Gasteiger partial charge in [-0.3, -0.25) is 0 Å². The number of allylic oxidation sites excluding steroid dienone is 1. The molecule has 1 aliphatic carbocycles. The summed E-state index contributed by atoms with van der Waals surface area (Å²) in [7, 11) is 0. The van der Waals surface area contributed by atoms with Crippen LogP contribution in [0.2, 0.25) is 0 Å². The fraction of sp³-hybridized carbons (Fsp3) is 0.500. The Balaban J connectivity index is 0. The minimum absolute atomic E-state index is 1.15. The Morgan fingerprint density at radius 3 is 1.81 bits per heavy atom. The molecule has 2 rings (SSSR count). The van der Waals surface area contributed by atoms with Crippen LogP contribution in [0.1, 0.15) is 59.1 Å². The number of aryl methyl sites for hydroxylation is 1. The summed E-state index contributed by atoms with van der Waals surface area (Å²) in [5, 5.41) is 0. The maximum absolute atomic E-state index is 4.00. The first kappa shape index (κ1) is 17.4. The summed E-state index contributed by atoms with van der Waals surface area (Å²) >= 11 is 0. The predicted molar refractivity (Wildman–Crippen MR) is 77.8 cm³/mol. The van der Waals surface area contributed by atoms with Crippen LogP contribution in [0, 0.1) is 0 Å². The first-order chi connectivity index (χ1) is 7.88. The van der Waals surface area contributed by atoms with Crippen LogP contribution in [0.5, 0.6) is 0 Å². The highest BCUT2D eigenvalue weighted by atomic mass is 14.2. The van der Waals surface area contributed by atoms with E-state index in [4.69, 9.17) is 0 Å². The van der Waals surface area contributed by atoms with Gasteiger partial charge in [-0.15, -0.1) is 0 Å². The molecule has 0 aliphatic heterocycles. The predicted octanol–water partition coefficient (Wildman–Crippen LogP) is 5.72. The molecule has 0 amide bonds. The first-order valence-corrected chi connectivity index (χ1v) is 6.64. The molecule has 0 atom stereocenters. The molecular formula is C16H28. The van der Waals surface area contributed by atoms with Gasteiger partial charge in [0.2, 0.25) is 0 Å². The summed E-state index contributed by atoms with van der Waals surface area (Å²) in [6.45, 7) is 16.0. The van der Waals surface area contributed by atoms with Crippen LogP contribution >= 0.6 is 0 Å². The average molecular weight is 220 g/mol. The molecule has 0 bridgehead atoms. The molecule has 0 fully saturated rings. The van der Waals surface area contributed by atoms with E-state index in [0.717, 1.165) is 6.42 Å². The third-order valence-corrected chi connectivity index (χ3v) is 2.09. The summed E-state index contributed by atoms with van der Waals surface area (Å²) in [5.41, 5.74) is 4.14. The second-order valence-electron chi connectivity index (χ2n) is 2.76. The number of hydrogen-bond acceptors (Lipinski definition) is 0. The molecule has 0 N–H and O–H groups in total. The van der Waals surface area contributed by atoms with E-state index >= 15 is 0 Å². The Morgan fingerprint density at radius 2 is 1.31 bits per heavy atom. The third kappa shape index (κ3) is 5.16. The van der Waals surface area contributed by atoms with Crippen molar-refractivity contribution in [2.45, 2.75) is 54.4 Å². The molecule has 0 heterocycles. The van der Waals surface area contributed by atoms with Gasteiger partial charge in [-0.2, -0.15) is 0 Å². The van der Waals surface area contributed by atoms with Crippen molar-refractivity contribution in [3.8, 4) is 0 Å². The smallest absolute Gasteiger partial charge is 0.0198 e. The van der Waals surface area contributed by atoms with Crippen LogP contribution in [0.4, 0.5) is 0 Å². The summed E-state index contributed by atoms with van der Waals surface area (Å²) in [4.78, 5) is 0. The van der Waals surface area contributed by atoms with E-state index in [-0.39, 0.29) is 0 Å². The fourth-order valence-electron chi connectivity index (χ4n) is 1.50. The summed E-state index contributed by atoms with van der Waals surface area (Å²) in [6, 6.07) is 8.52. The van der Waals surface area contributed by atoms with Gasteiger partial charge < -0.3 is 0 Å². The van der Waals surface area contributed by atoms with Crippen molar-refractivity contribution in [1.29, 1.82) is 0 Å². The first-order valence-electron chi connectivity index (χ1n) is 6.64. The van der Waals surface area contributed by atoms with E-state index < -0.39 is 0 Å². The van der Waals surface area contributed by atoms with E-state index in [2.05, 4.69) is 30.8 Å². The zero-order valence-electron chi connectivity index (χ0n) is 11.9. The van der Waals surface area contributed by atoms with Gasteiger partial charge in [-0.05, 0) is 29.5 Å². The molecule has 0 saturated carbocycles. The van der Waals surface area contributed by atoms with Crippen molar-refractivity contribution in [2.75, 3.05) is 0 Å². The van der Waals surface area contributed by atoms with Crippen molar-refractivity contribution in [3.63, 3.8) is 0 Å². The van der Waals surface area contributed by atoms with Crippen molar-refractivity contribution in [3.05, 3.63) is 42.0 Å². The van der Waals surface area contributed by atoms with Crippen LogP contribution < -0.4 is 0 Å². The minimum atomic E-state index is 1.15. The minimum Gasteiger partial charge on any atom is -0.0952 e. The lowest BCUT2D eigenvalue weighted by atomic mass is 10.1. The van der Waals surface area contributed by atoms with E-state index in [1.54, 1.807) is 0 Å². The lowest BCUT2D eigenvalue weighted by Crippen LogP contribution is -1.76. The summed E-state index contributed by atoms with van der Waals surface area (Å²) in [5.74, 6) is 0. The van der Waals surface area contributed by atoms with Gasteiger partial charge >= 0.3 is 0 Å². The van der Waals surface area contributed by atoms with Crippen molar-refractivity contribution >= 4 is 5.57 Å². The zero-order valence-corrected chi connectivity index (χ0v) is 11.9. The maximum Gasteiger partial charge on any atom is -0.0198 e. The molecule has 1 aliphatic rings. The lowest BCUT2D eigenvalue weighted by molar-refractivity contribution is 1.08. The Kier molecular flexibility index (Phi) is 13.1. The Bertz CT molecular complexity index is 271. The van der Waals surface area contributed by atoms with E-state index in [0.29, 0.717) is 0 Å². The van der Waals surface area contributed by atoms with Gasteiger partial charge in [0.15, 0.2) is 0 Å². The number of rotatable bonds is 0. The highest BCUT2D eigenvalue weighted by Crippen LogP contribution is 2.29. The zero-order chi connectivity index (χ0) is 13.0. The number of hydrogen-bond donors (Lipinski definition) is 0. The third-order valence-electron chi connectivity index (χ3n) is 2.09. The van der Waals surface area contributed by atoms with Crippen LogP contribution in [0.3, 0.4) is 0 Å². The standard InChI is InChI=1S/C10H10.3C2H6/c1-8-6-7-9-4-2-3-5-10(8)9;3*1-2/h2-5H,1,6-7H2;3*1-2H3. The van der Waals surface area contributed by atoms with Crippen molar-refractivity contribution in [2.24, 2.45) is 0 Å². The highest BCUT2D eigenvalue weighted by molar-refractivity contribution is 5.70. The van der Waals surface area contributed by atoms with Crippen LogP contribution in [-0.4, -0.2) is 0 Å². The monoisotopic (exact) mass is 220 g/mol.